The fourth-order valence-electron chi connectivity index (χ4n) is 4.68. The molecule has 1 saturated heterocycles. The highest BCUT2D eigenvalue weighted by atomic mass is 16.6. The number of nitrogens with zero attached hydrogens (tertiary/aromatic N) is 3. The molecule has 4 rings (SSSR count). The third kappa shape index (κ3) is 7.93. The zero-order valence-corrected chi connectivity index (χ0v) is 21.0. The lowest BCUT2D eigenvalue weighted by atomic mass is 9.93. The summed E-state index contributed by atoms with van der Waals surface area (Å²) in [4.78, 5) is 21.3. The highest BCUT2D eigenvalue weighted by molar-refractivity contribution is 5.70. The van der Waals surface area contributed by atoms with E-state index in [1.165, 1.54) is 23.1 Å². The average Bonchev–Trinajstić information content (AvgIpc) is 2.88. The van der Waals surface area contributed by atoms with Crippen LogP contribution in [0.2, 0.25) is 0 Å². The van der Waals surface area contributed by atoms with Crippen LogP contribution in [0.1, 0.15) is 41.6 Å². The number of aromatic nitrogens is 1. The molecule has 5 heteroatoms. The molecule has 3 aromatic rings. The van der Waals surface area contributed by atoms with Crippen molar-refractivity contribution < 1.29 is 9.53 Å². The first-order valence-electron chi connectivity index (χ1n) is 12.7. The maximum Gasteiger partial charge on any atom is 0.415 e. The Hall–Kier alpha value is -3.18. The van der Waals surface area contributed by atoms with Crippen LogP contribution in [0.5, 0.6) is 5.75 Å². The summed E-state index contributed by atoms with van der Waals surface area (Å²) in [6.45, 7) is 5.69. The number of pyridine rings is 1. The number of hydrogen-bond acceptors (Lipinski definition) is 4. The average molecular weight is 472 g/mol. The molecule has 2 aromatic carbocycles. The second kappa shape index (κ2) is 12.5. The van der Waals surface area contributed by atoms with Crippen LogP contribution in [0.15, 0.2) is 72.9 Å². The second-order valence-electron chi connectivity index (χ2n) is 9.78. The van der Waals surface area contributed by atoms with Crippen LogP contribution in [-0.2, 0) is 19.4 Å². The molecule has 184 valence electrons. The Balaban J connectivity index is 1.15. The van der Waals surface area contributed by atoms with Crippen molar-refractivity contribution in [2.45, 2.75) is 45.6 Å². The number of hydrogen-bond donors (Lipinski definition) is 0. The first kappa shape index (κ1) is 24.9. The molecule has 1 aliphatic heterocycles. The zero-order valence-electron chi connectivity index (χ0n) is 21.0. The summed E-state index contributed by atoms with van der Waals surface area (Å²) in [7, 11) is 2.18. The van der Waals surface area contributed by atoms with Gasteiger partial charge in [-0.3, -0.25) is 4.98 Å². The smallest absolute Gasteiger partial charge is 0.410 e. The lowest BCUT2D eigenvalue weighted by Gasteiger charge is -2.32. The van der Waals surface area contributed by atoms with Gasteiger partial charge in [0.25, 0.3) is 0 Å². The molecule has 0 saturated carbocycles. The van der Waals surface area contributed by atoms with Crippen molar-refractivity contribution in [1.82, 2.24) is 14.8 Å². The Labute approximate surface area is 209 Å². The molecular weight excluding hydrogens is 434 g/mol. The van der Waals surface area contributed by atoms with Crippen LogP contribution < -0.4 is 4.74 Å². The molecule has 1 fully saturated rings. The standard InChI is InChI=1S/C30H37N3O2/c1-24-14-18-31-28(22-24)11-8-25-9-12-29(13-10-25)35-30(34)33-20-16-26(17-21-33)15-19-32(2)23-27-6-4-3-5-7-27/h3-7,9-10,12-14,18,22,26H,8,11,15-17,19-21,23H2,1-2H3. The van der Waals surface area contributed by atoms with Gasteiger partial charge in [0.15, 0.2) is 0 Å². The number of piperidine rings is 1. The Bertz CT molecular complexity index is 1060. The third-order valence-corrected chi connectivity index (χ3v) is 6.86. The van der Waals surface area contributed by atoms with Gasteiger partial charge >= 0.3 is 6.09 Å². The molecule has 0 bridgehead atoms. The number of aryl methyl sites for hydroxylation is 3. The molecule has 0 N–H and O–H groups in total. The van der Waals surface area contributed by atoms with Crippen molar-refractivity contribution in [2.75, 3.05) is 26.7 Å². The third-order valence-electron chi connectivity index (χ3n) is 6.86. The summed E-state index contributed by atoms with van der Waals surface area (Å²) in [5.41, 5.74) is 4.90. The molecular formula is C30H37N3O2. The molecule has 1 aliphatic rings. The monoisotopic (exact) mass is 471 g/mol. The molecule has 0 atom stereocenters. The minimum Gasteiger partial charge on any atom is -0.410 e. The topological polar surface area (TPSA) is 45.7 Å². The van der Waals surface area contributed by atoms with Crippen molar-refractivity contribution in [3.8, 4) is 5.75 Å². The van der Waals surface area contributed by atoms with Gasteiger partial charge in [-0.1, -0.05) is 42.5 Å². The maximum atomic E-state index is 12.7. The number of carbonyl (C=O) groups excluding carboxylic acids is 1. The van der Waals surface area contributed by atoms with Gasteiger partial charge < -0.3 is 14.5 Å². The fraction of sp³-hybridized carbons (Fsp3) is 0.400. The van der Waals surface area contributed by atoms with Gasteiger partial charge in [-0.25, -0.2) is 4.79 Å². The molecule has 0 spiro atoms. The molecule has 1 aromatic heterocycles. The lowest BCUT2D eigenvalue weighted by Crippen LogP contribution is -2.40. The van der Waals surface area contributed by atoms with E-state index in [9.17, 15) is 4.79 Å². The number of amides is 1. The summed E-state index contributed by atoms with van der Waals surface area (Å²) in [6, 6.07) is 22.6. The summed E-state index contributed by atoms with van der Waals surface area (Å²) in [5.74, 6) is 1.27. The van der Waals surface area contributed by atoms with Crippen molar-refractivity contribution >= 4 is 6.09 Å². The normalized spacial score (nSPS) is 14.3. The number of benzene rings is 2. The van der Waals surface area contributed by atoms with Crippen LogP contribution in [0.4, 0.5) is 4.79 Å². The van der Waals surface area contributed by atoms with Gasteiger partial charge in [-0.15, -0.1) is 0 Å². The Morgan fingerprint density at radius 2 is 1.74 bits per heavy atom. The van der Waals surface area contributed by atoms with Gasteiger partial charge in [0.2, 0.25) is 0 Å². The Kier molecular flexibility index (Phi) is 8.90. The predicted octanol–water partition coefficient (Wildman–Crippen LogP) is 5.91. The SMILES string of the molecule is Cc1ccnc(CCc2ccc(OC(=O)N3CCC(CCN(C)Cc4ccccc4)CC3)cc2)c1. The highest BCUT2D eigenvalue weighted by Gasteiger charge is 2.24. The minimum atomic E-state index is -0.235. The predicted molar refractivity (Wildman–Crippen MR) is 141 cm³/mol. The van der Waals surface area contributed by atoms with E-state index in [-0.39, 0.29) is 6.09 Å². The Morgan fingerprint density at radius 3 is 2.46 bits per heavy atom. The van der Waals surface area contributed by atoms with Gasteiger partial charge in [-0.2, -0.15) is 0 Å². The van der Waals surface area contributed by atoms with Crippen molar-refractivity contribution in [3.05, 3.63) is 95.3 Å². The van der Waals surface area contributed by atoms with Gasteiger partial charge in [0.05, 0.1) is 0 Å². The zero-order chi connectivity index (χ0) is 24.5. The molecule has 1 amide bonds. The van der Waals surface area contributed by atoms with Crippen molar-refractivity contribution in [3.63, 3.8) is 0 Å². The van der Waals surface area contributed by atoms with Crippen LogP contribution >= 0.6 is 0 Å². The van der Waals surface area contributed by atoms with Crippen molar-refractivity contribution in [2.24, 2.45) is 5.92 Å². The number of ether oxygens (including phenoxy) is 1. The van der Waals surface area contributed by atoms with Crippen LogP contribution in [0, 0.1) is 12.8 Å². The molecule has 2 heterocycles. The lowest BCUT2D eigenvalue weighted by molar-refractivity contribution is 0.126. The van der Waals surface area contributed by atoms with E-state index in [1.54, 1.807) is 0 Å². The number of likely N-dealkylation sites (tertiary alicyclic amines) is 1. The highest BCUT2D eigenvalue weighted by Crippen LogP contribution is 2.23. The first-order valence-corrected chi connectivity index (χ1v) is 12.7. The van der Waals surface area contributed by atoms with E-state index >= 15 is 0 Å². The summed E-state index contributed by atoms with van der Waals surface area (Å²) < 4.78 is 5.65. The fourth-order valence-corrected chi connectivity index (χ4v) is 4.68. The van der Waals surface area contributed by atoms with E-state index in [2.05, 4.69) is 60.3 Å². The minimum absolute atomic E-state index is 0.235. The van der Waals surface area contributed by atoms with Crippen LogP contribution in [0.25, 0.3) is 0 Å². The van der Waals surface area contributed by atoms with E-state index in [1.807, 2.05) is 41.4 Å². The summed E-state index contributed by atoms with van der Waals surface area (Å²) in [5, 5.41) is 0. The van der Waals surface area contributed by atoms with E-state index in [0.717, 1.165) is 57.6 Å². The number of rotatable bonds is 9. The molecule has 35 heavy (non-hydrogen) atoms. The van der Waals surface area contributed by atoms with Crippen LogP contribution in [-0.4, -0.2) is 47.6 Å². The van der Waals surface area contributed by atoms with E-state index in [0.29, 0.717) is 11.7 Å². The van der Waals surface area contributed by atoms with E-state index in [4.69, 9.17) is 4.74 Å². The molecule has 0 radical (unpaired) electrons. The first-order chi connectivity index (χ1) is 17.0. The van der Waals surface area contributed by atoms with Gasteiger partial charge in [0, 0.05) is 31.5 Å². The largest absolute Gasteiger partial charge is 0.415 e. The van der Waals surface area contributed by atoms with Crippen LogP contribution in [0.3, 0.4) is 0 Å². The molecule has 0 aliphatic carbocycles. The number of carbonyl (C=O) groups is 1. The summed E-state index contributed by atoms with van der Waals surface area (Å²) in [6.07, 6.45) is 6.70. The maximum absolute atomic E-state index is 12.7. The van der Waals surface area contributed by atoms with Crippen molar-refractivity contribution in [1.29, 1.82) is 0 Å². The van der Waals surface area contributed by atoms with E-state index < -0.39 is 0 Å². The quantitative estimate of drug-likeness (QED) is 0.389. The Morgan fingerprint density at radius 1 is 1.00 bits per heavy atom. The molecule has 0 unspecified atom stereocenters. The molecule has 5 nitrogen and oxygen atoms in total. The summed E-state index contributed by atoms with van der Waals surface area (Å²) >= 11 is 0. The second-order valence-corrected chi connectivity index (χ2v) is 9.78. The van der Waals surface area contributed by atoms with Gasteiger partial charge in [-0.05, 0) is 99.5 Å². The van der Waals surface area contributed by atoms with Gasteiger partial charge in [0.1, 0.15) is 5.75 Å².